The number of nitrogens with zero attached hydrogens (tertiary/aromatic N) is 2. The molecule has 0 radical (unpaired) electrons. The van der Waals surface area contributed by atoms with Crippen molar-refractivity contribution in [3.63, 3.8) is 0 Å². The van der Waals surface area contributed by atoms with E-state index in [0.29, 0.717) is 6.42 Å². The Hall–Kier alpha value is -2.01. The molecule has 0 amide bonds. The predicted molar refractivity (Wildman–Crippen MR) is 72.0 cm³/mol. The fourth-order valence-electron chi connectivity index (χ4n) is 1.57. The lowest BCUT2D eigenvalue weighted by molar-refractivity contribution is -0.425. The highest BCUT2D eigenvalue weighted by Crippen LogP contribution is 2.19. The topological polar surface area (TPSA) is 56.0 Å². The molecule has 4 nitrogen and oxygen atoms in total. The SMILES string of the molecule is Cc1ncsc1/C=C(/Cc1ccccc1)[N+](=O)[O-]. The molecule has 5 heteroatoms. The van der Waals surface area contributed by atoms with E-state index < -0.39 is 0 Å². The van der Waals surface area contributed by atoms with E-state index in [-0.39, 0.29) is 10.6 Å². The molecule has 2 rings (SSSR count). The van der Waals surface area contributed by atoms with E-state index in [0.717, 1.165) is 16.1 Å². The maximum absolute atomic E-state index is 11.1. The van der Waals surface area contributed by atoms with E-state index in [1.54, 1.807) is 11.6 Å². The van der Waals surface area contributed by atoms with E-state index in [4.69, 9.17) is 0 Å². The van der Waals surface area contributed by atoms with Gasteiger partial charge in [-0.3, -0.25) is 10.1 Å². The van der Waals surface area contributed by atoms with Gasteiger partial charge in [-0.15, -0.1) is 11.3 Å². The van der Waals surface area contributed by atoms with Crippen LogP contribution in [0.4, 0.5) is 0 Å². The van der Waals surface area contributed by atoms with Gasteiger partial charge in [0.15, 0.2) is 0 Å². The van der Waals surface area contributed by atoms with Gasteiger partial charge in [-0.05, 0) is 12.5 Å². The number of thiazole rings is 1. The van der Waals surface area contributed by atoms with Crippen LogP contribution in [0.15, 0.2) is 41.5 Å². The molecule has 0 saturated carbocycles. The highest BCUT2D eigenvalue weighted by molar-refractivity contribution is 7.10. The minimum Gasteiger partial charge on any atom is -0.259 e. The molecule has 0 unspecified atom stereocenters. The van der Waals surface area contributed by atoms with Gasteiger partial charge in [0, 0.05) is 6.08 Å². The second-order valence-electron chi connectivity index (χ2n) is 3.86. The normalized spacial score (nSPS) is 11.5. The van der Waals surface area contributed by atoms with E-state index in [9.17, 15) is 10.1 Å². The molecule has 0 aliphatic rings. The van der Waals surface area contributed by atoms with Gasteiger partial charge in [-0.25, -0.2) is 4.98 Å². The minimum atomic E-state index is -0.327. The zero-order chi connectivity index (χ0) is 13.0. The van der Waals surface area contributed by atoms with Crippen molar-refractivity contribution in [2.45, 2.75) is 13.3 Å². The number of hydrogen-bond acceptors (Lipinski definition) is 4. The summed E-state index contributed by atoms with van der Waals surface area (Å²) in [5, 5.41) is 11.1. The van der Waals surface area contributed by atoms with Crippen LogP contribution >= 0.6 is 11.3 Å². The number of allylic oxidation sites excluding steroid dienone is 1. The molecule has 1 heterocycles. The van der Waals surface area contributed by atoms with Crippen LogP contribution in [0.3, 0.4) is 0 Å². The smallest absolute Gasteiger partial charge is 0.252 e. The standard InChI is InChI=1S/C13H12N2O2S/c1-10-13(18-9-14-10)8-12(15(16)17)7-11-5-3-2-4-6-11/h2-6,8-9H,7H2,1H3/b12-8-. The third-order valence-electron chi connectivity index (χ3n) is 2.54. The molecule has 0 fully saturated rings. The fraction of sp³-hybridized carbons (Fsp3) is 0.154. The Balaban J connectivity index is 2.27. The summed E-state index contributed by atoms with van der Waals surface area (Å²) in [6, 6.07) is 9.43. The maximum Gasteiger partial charge on any atom is 0.252 e. The highest BCUT2D eigenvalue weighted by atomic mass is 32.1. The van der Waals surface area contributed by atoms with Gasteiger partial charge < -0.3 is 0 Å². The number of rotatable bonds is 4. The molecule has 0 aliphatic carbocycles. The summed E-state index contributed by atoms with van der Waals surface area (Å²) < 4.78 is 0. The third-order valence-corrected chi connectivity index (χ3v) is 3.42. The molecule has 0 bridgehead atoms. The molecule has 0 spiro atoms. The molecule has 2 aromatic rings. The van der Waals surface area contributed by atoms with Crippen LogP contribution in [0.25, 0.3) is 6.08 Å². The Kier molecular flexibility index (Phi) is 3.84. The van der Waals surface area contributed by atoms with Crippen molar-refractivity contribution < 1.29 is 4.92 Å². The van der Waals surface area contributed by atoms with E-state index in [1.165, 1.54) is 11.3 Å². The van der Waals surface area contributed by atoms with Crippen molar-refractivity contribution >= 4 is 17.4 Å². The number of aryl methyl sites for hydroxylation is 1. The molecule has 0 aliphatic heterocycles. The zero-order valence-corrected chi connectivity index (χ0v) is 10.7. The van der Waals surface area contributed by atoms with Crippen molar-refractivity contribution in [3.05, 3.63) is 67.8 Å². The van der Waals surface area contributed by atoms with Gasteiger partial charge in [-0.2, -0.15) is 0 Å². The molecule has 1 aromatic carbocycles. The van der Waals surface area contributed by atoms with Crippen molar-refractivity contribution in [3.8, 4) is 0 Å². The Bertz CT molecular complexity index is 576. The summed E-state index contributed by atoms with van der Waals surface area (Å²) in [7, 11) is 0. The van der Waals surface area contributed by atoms with Gasteiger partial charge in [-0.1, -0.05) is 30.3 Å². The first kappa shape index (κ1) is 12.4. The van der Waals surface area contributed by atoms with Crippen molar-refractivity contribution in [2.24, 2.45) is 0 Å². The Morgan fingerprint density at radius 2 is 2.17 bits per heavy atom. The highest BCUT2D eigenvalue weighted by Gasteiger charge is 2.13. The molecule has 0 atom stereocenters. The van der Waals surface area contributed by atoms with Crippen LogP contribution in [-0.2, 0) is 6.42 Å². The number of aromatic nitrogens is 1. The van der Waals surface area contributed by atoms with Gasteiger partial charge >= 0.3 is 0 Å². The molecule has 92 valence electrons. The minimum absolute atomic E-state index is 0.188. The summed E-state index contributed by atoms with van der Waals surface area (Å²) in [5.74, 6) is 0. The number of hydrogen-bond donors (Lipinski definition) is 0. The second-order valence-corrected chi connectivity index (χ2v) is 4.74. The average Bonchev–Trinajstić information content (AvgIpc) is 2.75. The molecule has 0 saturated heterocycles. The maximum atomic E-state index is 11.1. The first-order valence-electron chi connectivity index (χ1n) is 5.46. The monoisotopic (exact) mass is 260 g/mol. The van der Waals surface area contributed by atoms with Crippen LogP contribution < -0.4 is 0 Å². The Labute approximate surface area is 109 Å². The third kappa shape index (κ3) is 3.01. The van der Waals surface area contributed by atoms with Crippen LogP contribution in [0.2, 0.25) is 0 Å². The molecular weight excluding hydrogens is 248 g/mol. The molecule has 18 heavy (non-hydrogen) atoms. The van der Waals surface area contributed by atoms with Crippen LogP contribution in [-0.4, -0.2) is 9.91 Å². The fourth-order valence-corrected chi connectivity index (χ4v) is 2.33. The first-order valence-corrected chi connectivity index (χ1v) is 6.34. The summed E-state index contributed by atoms with van der Waals surface area (Å²) in [5.41, 5.74) is 3.64. The quantitative estimate of drug-likeness (QED) is 0.626. The Morgan fingerprint density at radius 1 is 1.44 bits per heavy atom. The lowest BCUT2D eigenvalue weighted by atomic mass is 10.1. The van der Waals surface area contributed by atoms with E-state index >= 15 is 0 Å². The van der Waals surface area contributed by atoms with Crippen LogP contribution in [0.5, 0.6) is 0 Å². The lowest BCUT2D eigenvalue weighted by Gasteiger charge is -1.99. The zero-order valence-electron chi connectivity index (χ0n) is 9.87. The van der Waals surface area contributed by atoms with Gasteiger partial charge in [0.2, 0.25) is 0 Å². The van der Waals surface area contributed by atoms with Crippen molar-refractivity contribution in [2.75, 3.05) is 0 Å². The second kappa shape index (κ2) is 5.55. The lowest BCUT2D eigenvalue weighted by Crippen LogP contribution is -2.02. The number of nitro groups is 1. The van der Waals surface area contributed by atoms with Gasteiger partial charge in [0.1, 0.15) is 0 Å². The largest absolute Gasteiger partial charge is 0.259 e. The Morgan fingerprint density at radius 3 is 2.72 bits per heavy atom. The summed E-state index contributed by atoms with van der Waals surface area (Å²) in [6.45, 7) is 1.85. The van der Waals surface area contributed by atoms with Crippen LogP contribution in [0.1, 0.15) is 16.1 Å². The van der Waals surface area contributed by atoms with Crippen molar-refractivity contribution in [1.82, 2.24) is 4.98 Å². The van der Waals surface area contributed by atoms with Crippen molar-refractivity contribution in [1.29, 1.82) is 0 Å². The number of benzene rings is 1. The van der Waals surface area contributed by atoms with Gasteiger partial charge in [0.25, 0.3) is 5.70 Å². The molecular formula is C13H12N2O2S. The first-order chi connectivity index (χ1) is 8.66. The summed E-state index contributed by atoms with van der Waals surface area (Å²) >= 11 is 1.41. The average molecular weight is 260 g/mol. The predicted octanol–water partition coefficient (Wildman–Crippen LogP) is 3.31. The van der Waals surface area contributed by atoms with Crippen LogP contribution in [0, 0.1) is 17.0 Å². The van der Waals surface area contributed by atoms with E-state index in [1.807, 2.05) is 37.3 Å². The van der Waals surface area contributed by atoms with E-state index in [2.05, 4.69) is 4.98 Å². The summed E-state index contributed by atoms with van der Waals surface area (Å²) in [4.78, 5) is 15.7. The summed E-state index contributed by atoms with van der Waals surface area (Å²) in [6.07, 6.45) is 1.94. The van der Waals surface area contributed by atoms with Gasteiger partial charge in [0.05, 0.1) is 27.4 Å². The molecule has 0 N–H and O–H groups in total. The molecule has 1 aromatic heterocycles.